The molecule has 0 radical (unpaired) electrons. The predicted octanol–water partition coefficient (Wildman–Crippen LogP) is 3.55. The highest BCUT2D eigenvalue weighted by molar-refractivity contribution is 5.94. The van der Waals surface area contributed by atoms with Crippen LogP contribution in [0.3, 0.4) is 0 Å². The van der Waals surface area contributed by atoms with Gasteiger partial charge >= 0.3 is 24.1 Å². The van der Waals surface area contributed by atoms with E-state index in [4.69, 9.17) is 23.7 Å². The second-order valence-electron chi connectivity index (χ2n) is 5.86. The van der Waals surface area contributed by atoms with E-state index in [-0.39, 0.29) is 48.9 Å². The molecule has 0 N–H and O–H groups in total. The summed E-state index contributed by atoms with van der Waals surface area (Å²) in [5.41, 5.74) is 0.171. The first-order valence-electron chi connectivity index (χ1n) is 9.53. The molecule has 0 spiro atoms. The number of rotatable bonds is 9. The molecule has 0 aliphatic carbocycles. The number of esters is 3. The van der Waals surface area contributed by atoms with Gasteiger partial charge in [0, 0.05) is 0 Å². The Labute approximate surface area is 178 Å². The van der Waals surface area contributed by atoms with Crippen LogP contribution in [-0.2, 0) is 19.0 Å². The Morgan fingerprint density at radius 1 is 0.677 bits per heavy atom. The maximum atomic E-state index is 12.0. The molecule has 0 saturated carbocycles. The molecule has 0 saturated heterocycles. The van der Waals surface area contributed by atoms with E-state index in [1.165, 1.54) is 24.3 Å². The first kappa shape index (κ1) is 23.4. The third-order valence-electron chi connectivity index (χ3n) is 3.71. The lowest BCUT2D eigenvalue weighted by Crippen LogP contribution is -2.18. The number of carbonyl (C=O) groups is 4. The minimum Gasteiger partial charge on any atom is -0.462 e. The van der Waals surface area contributed by atoms with Gasteiger partial charge in [-0.1, -0.05) is 24.3 Å². The highest BCUT2D eigenvalue weighted by Gasteiger charge is 2.18. The number of hydrogen-bond acceptors (Lipinski definition) is 9. The first-order chi connectivity index (χ1) is 15.0. The Morgan fingerprint density at radius 3 is 1.68 bits per heavy atom. The number of hydrogen-bond donors (Lipinski definition) is 0. The van der Waals surface area contributed by atoms with Gasteiger partial charge in [0.15, 0.2) is 0 Å². The maximum Gasteiger partial charge on any atom is 0.513 e. The molecule has 0 bridgehead atoms. The monoisotopic (exact) mass is 430 g/mol. The molecule has 2 rings (SSSR count). The highest BCUT2D eigenvalue weighted by atomic mass is 16.7. The molecule has 0 aliphatic heterocycles. The lowest BCUT2D eigenvalue weighted by atomic mass is 10.2. The molecule has 9 nitrogen and oxygen atoms in total. The summed E-state index contributed by atoms with van der Waals surface area (Å²) in [6.07, 6.45) is -1.39. The van der Waals surface area contributed by atoms with Crippen molar-refractivity contribution in [2.45, 2.75) is 20.3 Å². The minimum absolute atomic E-state index is 0.0307. The quantitative estimate of drug-likeness (QED) is 0.255. The normalized spacial score (nSPS) is 10.0. The summed E-state index contributed by atoms with van der Waals surface area (Å²) >= 11 is 0. The van der Waals surface area contributed by atoms with Crippen molar-refractivity contribution in [2.75, 3.05) is 19.8 Å². The fourth-order valence-corrected chi connectivity index (χ4v) is 2.38. The molecule has 0 unspecified atom stereocenters. The van der Waals surface area contributed by atoms with Crippen LogP contribution in [0, 0.1) is 0 Å². The van der Waals surface area contributed by atoms with Crippen molar-refractivity contribution < 1.29 is 42.9 Å². The average molecular weight is 430 g/mol. The van der Waals surface area contributed by atoms with E-state index in [1.807, 2.05) is 0 Å². The topological polar surface area (TPSA) is 114 Å². The van der Waals surface area contributed by atoms with E-state index in [1.54, 1.807) is 38.1 Å². The van der Waals surface area contributed by atoms with Crippen molar-refractivity contribution in [3.05, 3.63) is 59.7 Å². The second kappa shape index (κ2) is 12.0. The van der Waals surface area contributed by atoms with E-state index in [0.717, 1.165) is 0 Å². The van der Waals surface area contributed by atoms with E-state index in [0.29, 0.717) is 0 Å². The van der Waals surface area contributed by atoms with Crippen LogP contribution in [0.5, 0.6) is 11.5 Å². The van der Waals surface area contributed by atoms with Crippen molar-refractivity contribution in [2.24, 2.45) is 0 Å². The number of para-hydroxylation sites is 2. The summed E-state index contributed by atoms with van der Waals surface area (Å²) in [5.74, 6) is -1.98. The van der Waals surface area contributed by atoms with Gasteiger partial charge in [-0.15, -0.1) is 0 Å². The molecule has 9 heteroatoms. The SMILES string of the molecule is CCOC(=O)c1ccccc1OC(=O)CCOC(=O)Oc1ccccc1C(=O)OCC. The largest absolute Gasteiger partial charge is 0.513 e. The molecule has 0 aliphatic rings. The lowest BCUT2D eigenvalue weighted by Gasteiger charge is -2.10. The van der Waals surface area contributed by atoms with Crippen LogP contribution in [0.25, 0.3) is 0 Å². The van der Waals surface area contributed by atoms with Gasteiger partial charge in [-0.25, -0.2) is 14.4 Å². The maximum absolute atomic E-state index is 12.0. The van der Waals surface area contributed by atoms with Gasteiger partial charge < -0.3 is 23.7 Å². The Morgan fingerprint density at radius 2 is 1.16 bits per heavy atom. The molecule has 31 heavy (non-hydrogen) atoms. The van der Waals surface area contributed by atoms with Crippen molar-refractivity contribution in [1.29, 1.82) is 0 Å². The van der Waals surface area contributed by atoms with E-state index >= 15 is 0 Å². The number of benzene rings is 2. The number of carbonyl (C=O) groups excluding carboxylic acids is 4. The lowest BCUT2D eigenvalue weighted by molar-refractivity contribution is -0.135. The van der Waals surface area contributed by atoms with E-state index < -0.39 is 24.1 Å². The van der Waals surface area contributed by atoms with Gasteiger partial charge in [0.25, 0.3) is 0 Å². The molecule has 2 aromatic carbocycles. The van der Waals surface area contributed by atoms with Crippen molar-refractivity contribution >= 4 is 24.1 Å². The zero-order valence-corrected chi connectivity index (χ0v) is 17.1. The van der Waals surface area contributed by atoms with Crippen LogP contribution < -0.4 is 9.47 Å². The zero-order chi connectivity index (χ0) is 22.6. The molecule has 164 valence electrons. The van der Waals surface area contributed by atoms with Gasteiger partial charge in [-0.2, -0.15) is 0 Å². The number of ether oxygens (including phenoxy) is 5. The van der Waals surface area contributed by atoms with Crippen LogP contribution in [0.2, 0.25) is 0 Å². The van der Waals surface area contributed by atoms with Crippen molar-refractivity contribution in [1.82, 2.24) is 0 Å². The van der Waals surface area contributed by atoms with Crippen molar-refractivity contribution in [3.8, 4) is 11.5 Å². The summed E-state index contributed by atoms with van der Waals surface area (Å²) in [6.45, 7) is 3.32. The van der Waals surface area contributed by atoms with E-state index in [2.05, 4.69) is 0 Å². The Hall–Kier alpha value is -3.88. The van der Waals surface area contributed by atoms with Crippen LogP contribution in [0.15, 0.2) is 48.5 Å². The van der Waals surface area contributed by atoms with Gasteiger partial charge in [-0.3, -0.25) is 4.79 Å². The Kier molecular flexibility index (Phi) is 9.03. The van der Waals surface area contributed by atoms with Crippen LogP contribution in [0.1, 0.15) is 41.0 Å². The molecule has 0 heterocycles. The molecular formula is C22H22O9. The van der Waals surface area contributed by atoms with Gasteiger partial charge in [0.1, 0.15) is 29.2 Å². The molecular weight excluding hydrogens is 408 g/mol. The third-order valence-corrected chi connectivity index (χ3v) is 3.71. The molecule has 0 amide bonds. The van der Waals surface area contributed by atoms with Crippen LogP contribution in [-0.4, -0.2) is 43.9 Å². The van der Waals surface area contributed by atoms with Crippen LogP contribution >= 0.6 is 0 Å². The summed E-state index contributed by atoms with van der Waals surface area (Å²) in [5, 5.41) is 0. The van der Waals surface area contributed by atoms with Gasteiger partial charge in [-0.05, 0) is 38.1 Å². The Balaban J connectivity index is 1.87. The average Bonchev–Trinajstić information content (AvgIpc) is 2.74. The third kappa shape index (κ3) is 7.14. The molecule has 2 aromatic rings. The van der Waals surface area contributed by atoms with E-state index in [9.17, 15) is 19.2 Å². The molecule has 0 atom stereocenters. The fourth-order valence-electron chi connectivity index (χ4n) is 2.38. The smallest absolute Gasteiger partial charge is 0.462 e. The summed E-state index contributed by atoms with van der Waals surface area (Å²) in [4.78, 5) is 47.7. The molecule has 0 aromatic heterocycles. The predicted molar refractivity (Wildman–Crippen MR) is 107 cm³/mol. The summed E-state index contributed by atoms with van der Waals surface area (Å²) < 4.78 is 24.8. The van der Waals surface area contributed by atoms with Gasteiger partial charge in [0.05, 0.1) is 19.6 Å². The first-order valence-corrected chi connectivity index (χ1v) is 9.53. The summed E-state index contributed by atoms with van der Waals surface area (Å²) in [6, 6.07) is 12.1. The van der Waals surface area contributed by atoms with Crippen LogP contribution in [0.4, 0.5) is 4.79 Å². The fraction of sp³-hybridized carbons (Fsp3) is 0.273. The zero-order valence-electron chi connectivity index (χ0n) is 17.1. The standard InChI is InChI=1S/C22H22O9/c1-3-27-20(24)15-9-5-7-11-17(15)30-19(23)13-14-29-22(26)31-18-12-8-6-10-16(18)21(25)28-4-2/h5-12H,3-4,13-14H2,1-2H3. The molecule has 0 fully saturated rings. The summed E-state index contributed by atoms with van der Waals surface area (Å²) in [7, 11) is 0. The van der Waals surface area contributed by atoms with Crippen molar-refractivity contribution in [3.63, 3.8) is 0 Å². The second-order valence-corrected chi connectivity index (χ2v) is 5.86. The highest BCUT2D eigenvalue weighted by Crippen LogP contribution is 2.21. The van der Waals surface area contributed by atoms with Gasteiger partial charge in [0.2, 0.25) is 0 Å². The Bertz CT molecular complexity index is 861. The minimum atomic E-state index is -1.10.